The molecule has 0 unspecified atom stereocenters. The number of fused-ring (bicyclic) bond motifs is 1. The third kappa shape index (κ3) is 8.43. The van der Waals surface area contributed by atoms with E-state index in [1.807, 2.05) is 0 Å². The van der Waals surface area contributed by atoms with Crippen molar-refractivity contribution in [3.05, 3.63) is 41.0 Å². The minimum absolute atomic E-state index is 0.191. The van der Waals surface area contributed by atoms with Crippen molar-refractivity contribution in [2.45, 2.75) is 104 Å². The zero-order valence-electron chi connectivity index (χ0n) is 19.3. The smallest absolute Gasteiger partial charge is 0.311 e. The van der Waals surface area contributed by atoms with Crippen molar-refractivity contribution in [3.63, 3.8) is 0 Å². The molecule has 4 heteroatoms. The Morgan fingerprint density at radius 1 is 0.806 bits per heavy atom. The van der Waals surface area contributed by atoms with E-state index < -0.39 is 0 Å². The van der Waals surface area contributed by atoms with Gasteiger partial charge in [0.1, 0.15) is 5.75 Å². The molecule has 0 spiro atoms. The molecule has 0 bridgehead atoms. The Labute approximate surface area is 187 Å². The number of carbonyl (C=O) groups excluding carboxylic acids is 3. The van der Waals surface area contributed by atoms with Gasteiger partial charge in [0.25, 0.3) is 0 Å². The van der Waals surface area contributed by atoms with E-state index in [-0.39, 0.29) is 28.8 Å². The standard InChI is InChI=1S/C27H38O4/c1-3-4-5-6-7-8-9-10-11-12-13-14-15-19-25(29)31-24-18-16-17-22-26(24)23(28)20-21(2)27(22)30/h16-18,20H,3-15,19H2,1-2H3. The summed E-state index contributed by atoms with van der Waals surface area (Å²) < 4.78 is 5.43. The number of Topliss-reactive ketones (excluding diaryl/α,β-unsaturated/α-hetero) is 1. The summed E-state index contributed by atoms with van der Waals surface area (Å²) in [5.74, 6) is -0.622. The van der Waals surface area contributed by atoms with Crippen LogP contribution in [0.25, 0.3) is 0 Å². The molecule has 31 heavy (non-hydrogen) atoms. The minimum atomic E-state index is -0.344. The molecule has 0 aliphatic heterocycles. The van der Waals surface area contributed by atoms with Gasteiger partial charge in [-0.05, 0) is 25.5 Å². The molecule has 0 atom stereocenters. The molecule has 0 amide bonds. The largest absolute Gasteiger partial charge is 0.426 e. The van der Waals surface area contributed by atoms with Gasteiger partial charge in [0.15, 0.2) is 11.6 Å². The molecule has 0 fully saturated rings. The molecule has 0 saturated heterocycles. The summed E-state index contributed by atoms with van der Waals surface area (Å²) in [6.45, 7) is 3.87. The van der Waals surface area contributed by atoms with Crippen LogP contribution in [-0.2, 0) is 4.79 Å². The number of esters is 1. The van der Waals surface area contributed by atoms with Gasteiger partial charge in [-0.2, -0.15) is 0 Å². The lowest BCUT2D eigenvalue weighted by Gasteiger charge is -2.16. The minimum Gasteiger partial charge on any atom is -0.426 e. The summed E-state index contributed by atoms with van der Waals surface area (Å²) >= 11 is 0. The summed E-state index contributed by atoms with van der Waals surface area (Å²) in [5.41, 5.74) is 0.932. The first-order valence-corrected chi connectivity index (χ1v) is 12.2. The molecule has 0 saturated carbocycles. The number of benzene rings is 1. The number of hydrogen-bond donors (Lipinski definition) is 0. The summed E-state index contributed by atoms with van der Waals surface area (Å²) in [6.07, 6.45) is 17.9. The molecule has 2 rings (SSSR count). The first kappa shape index (κ1) is 25.0. The van der Waals surface area contributed by atoms with Crippen LogP contribution >= 0.6 is 0 Å². The molecule has 0 radical (unpaired) electrons. The monoisotopic (exact) mass is 426 g/mol. The van der Waals surface area contributed by atoms with Crippen molar-refractivity contribution in [2.75, 3.05) is 0 Å². The molecule has 4 nitrogen and oxygen atoms in total. The van der Waals surface area contributed by atoms with Crippen molar-refractivity contribution in [3.8, 4) is 5.75 Å². The number of allylic oxidation sites excluding steroid dienone is 2. The Hall–Kier alpha value is -2.23. The lowest BCUT2D eigenvalue weighted by Crippen LogP contribution is -2.18. The van der Waals surface area contributed by atoms with Gasteiger partial charge in [-0.1, -0.05) is 96.1 Å². The fraction of sp³-hybridized carbons (Fsp3) is 0.593. The zero-order chi connectivity index (χ0) is 22.5. The molecular formula is C27H38O4. The summed E-state index contributed by atoms with van der Waals surface area (Å²) in [7, 11) is 0. The Morgan fingerprint density at radius 2 is 1.35 bits per heavy atom. The molecule has 170 valence electrons. The number of carbonyl (C=O) groups is 3. The van der Waals surface area contributed by atoms with Crippen LogP contribution < -0.4 is 4.74 Å². The summed E-state index contributed by atoms with van der Waals surface area (Å²) in [6, 6.07) is 4.84. The van der Waals surface area contributed by atoms with Gasteiger partial charge >= 0.3 is 5.97 Å². The van der Waals surface area contributed by atoms with Gasteiger partial charge < -0.3 is 4.74 Å². The molecule has 1 aliphatic carbocycles. The Morgan fingerprint density at radius 3 is 1.94 bits per heavy atom. The van der Waals surface area contributed by atoms with Crippen LogP contribution in [0, 0.1) is 0 Å². The molecule has 0 N–H and O–H groups in total. The van der Waals surface area contributed by atoms with Gasteiger partial charge in [-0.25, -0.2) is 0 Å². The maximum absolute atomic E-state index is 12.3. The van der Waals surface area contributed by atoms with Crippen LogP contribution in [0.2, 0.25) is 0 Å². The maximum atomic E-state index is 12.3. The number of ether oxygens (including phenoxy) is 1. The number of unbranched alkanes of at least 4 members (excludes halogenated alkanes) is 12. The number of ketones is 2. The first-order chi connectivity index (χ1) is 15.0. The topological polar surface area (TPSA) is 60.4 Å². The third-order valence-electron chi connectivity index (χ3n) is 5.93. The molecule has 1 aromatic carbocycles. The molecule has 0 aromatic heterocycles. The van der Waals surface area contributed by atoms with E-state index in [9.17, 15) is 14.4 Å². The Balaban J connectivity index is 1.58. The molecule has 1 aromatic rings. The predicted molar refractivity (Wildman–Crippen MR) is 125 cm³/mol. The average molecular weight is 427 g/mol. The fourth-order valence-corrected chi connectivity index (χ4v) is 4.07. The zero-order valence-corrected chi connectivity index (χ0v) is 19.3. The van der Waals surface area contributed by atoms with Gasteiger partial charge in [-0.3, -0.25) is 14.4 Å². The van der Waals surface area contributed by atoms with Crippen molar-refractivity contribution < 1.29 is 19.1 Å². The van der Waals surface area contributed by atoms with E-state index in [1.54, 1.807) is 25.1 Å². The predicted octanol–water partition coefficient (Wildman–Crippen LogP) is 7.40. The van der Waals surface area contributed by atoms with E-state index in [2.05, 4.69) is 6.92 Å². The molecular weight excluding hydrogens is 388 g/mol. The Kier molecular flexibility index (Phi) is 11.3. The lowest BCUT2D eigenvalue weighted by atomic mass is 9.89. The third-order valence-corrected chi connectivity index (χ3v) is 5.93. The van der Waals surface area contributed by atoms with Crippen LogP contribution in [0.15, 0.2) is 29.8 Å². The van der Waals surface area contributed by atoms with Crippen LogP contribution in [-0.4, -0.2) is 17.5 Å². The second-order valence-corrected chi connectivity index (χ2v) is 8.67. The quantitative estimate of drug-likeness (QED) is 0.166. The highest BCUT2D eigenvalue weighted by molar-refractivity contribution is 6.25. The first-order valence-electron chi connectivity index (χ1n) is 12.2. The highest BCUT2D eigenvalue weighted by Gasteiger charge is 2.27. The molecule has 1 aliphatic rings. The molecule has 0 heterocycles. The maximum Gasteiger partial charge on any atom is 0.311 e. The van der Waals surface area contributed by atoms with Gasteiger partial charge in [-0.15, -0.1) is 0 Å². The van der Waals surface area contributed by atoms with E-state index in [4.69, 9.17) is 4.74 Å². The Bertz CT molecular complexity index is 775. The second kappa shape index (κ2) is 14.0. The number of hydrogen-bond acceptors (Lipinski definition) is 4. The summed E-state index contributed by atoms with van der Waals surface area (Å²) in [5, 5.41) is 0. The van der Waals surface area contributed by atoms with Crippen molar-refractivity contribution in [1.29, 1.82) is 0 Å². The van der Waals surface area contributed by atoms with E-state index >= 15 is 0 Å². The second-order valence-electron chi connectivity index (χ2n) is 8.67. The van der Waals surface area contributed by atoms with Crippen molar-refractivity contribution in [2.24, 2.45) is 0 Å². The fourth-order valence-electron chi connectivity index (χ4n) is 4.07. The van der Waals surface area contributed by atoms with Gasteiger partial charge in [0.2, 0.25) is 0 Å². The van der Waals surface area contributed by atoms with Gasteiger partial charge in [0, 0.05) is 17.6 Å². The average Bonchev–Trinajstić information content (AvgIpc) is 2.75. The van der Waals surface area contributed by atoms with Crippen LogP contribution in [0.1, 0.15) is 124 Å². The highest BCUT2D eigenvalue weighted by atomic mass is 16.5. The highest BCUT2D eigenvalue weighted by Crippen LogP contribution is 2.29. The van der Waals surface area contributed by atoms with Crippen molar-refractivity contribution >= 4 is 17.5 Å². The van der Waals surface area contributed by atoms with Crippen molar-refractivity contribution in [1.82, 2.24) is 0 Å². The SMILES string of the molecule is CCCCCCCCCCCCCCCC(=O)Oc1cccc2c1C(=O)C=C(C)C2=O. The normalized spacial score (nSPS) is 13.2. The van der Waals surface area contributed by atoms with Crippen LogP contribution in [0.3, 0.4) is 0 Å². The van der Waals surface area contributed by atoms with E-state index in [0.717, 1.165) is 19.3 Å². The van der Waals surface area contributed by atoms with E-state index in [0.29, 0.717) is 17.6 Å². The summed E-state index contributed by atoms with van der Waals surface area (Å²) in [4.78, 5) is 36.8. The van der Waals surface area contributed by atoms with Gasteiger partial charge in [0.05, 0.1) is 5.56 Å². The lowest BCUT2D eigenvalue weighted by molar-refractivity contribution is -0.134. The van der Waals surface area contributed by atoms with Crippen LogP contribution in [0.5, 0.6) is 5.75 Å². The van der Waals surface area contributed by atoms with Crippen LogP contribution in [0.4, 0.5) is 0 Å². The van der Waals surface area contributed by atoms with E-state index in [1.165, 1.54) is 70.3 Å². The number of rotatable bonds is 15.